The molecular formula is C15H26N2O. The normalized spacial score (nSPS) is 12.9. The van der Waals surface area contributed by atoms with Crippen molar-refractivity contribution in [3.63, 3.8) is 0 Å². The molecule has 0 saturated heterocycles. The summed E-state index contributed by atoms with van der Waals surface area (Å²) in [5.41, 5.74) is 1.09. The molecule has 0 rings (SSSR count). The molecule has 3 heteroatoms. The summed E-state index contributed by atoms with van der Waals surface area (Å²) in [5, 5.41) is 6.05. The summed E-state index contributed by atoms with van der Waals surface area (Å²) >= 11 is 0. The van der Waals surface area contributed by atoms with Crippen LogP contribution in [0, 0.1) is 5.92 Å². The summed E-state index contributed by atoms with van der Waals surface area (Å²) in [6, 6.07) is 0. The van der Waals surface area contributed by atoms with Gasteiger partial charge in [-0.2, -0.15) is 0 Å². The Morgan fingerprint density at radius 1 is 1.33 bits per heavy atom. The molecule has 0 heterocycles. The lowest BCUT2D eigenvalue weighted by atomic mass is 10.0. The average Bonchev–Trinajstić information content (AvgIpc) is 2.38. The van der Waals surface area contributed by atoms with E-state index in [1.165, 1.54) is 0 Å². The highest BCUT2D eigenvalue weighted by Crippen LogP contribution is 2.08. The van der Waals surface area contributed by atoms with E-state index < -0.39 is 0 Å². The molecule has 1 amide bonds. The zero-order chi connectivity index (χ0) is 13.8. The minimum atomic E-state index is 0.105. The van der Waals surface area contributed by atoms with E-state index in [4.69, 9.17) is 0 Å². The molecule has 0 fully saturated rings. The van der Waals surface area contributed by atoms with Crippen molar-refractivity contribution in [3.8, 4) is 0 Å². The van der Waals surface area contributed by atoms with Crippen LogP contribution in [-0.4, -0.2) is 26.0 Å². The first-order valence-corrected chi connectivity index (χ1v) is 6.55. The maximum Gasteiger partial charge on any atom is 0.223 e. The number of nitrogens with one attached hydrogen (secondary N) is 2. The molecule has 0 spiro atoms. The van der Waals surface area contributed by atoms with Crippen molar-refractivity contribution < 1.29 is 4.79 Å². The Morgan fingerprint density at radius 2 is 2.06 bits per heavy atom. The van der Waals surface area contributed by atoms with Crippen molar-refractivity contribution in [1.82, 2.24) is 10.6 Å². The molecule has 2 N–H and O–H groups in total. The number of allylic oxidation sites excluding steroid dienone is 3. The summed E-state index contributed by atoms with van der Waals surface area (Å²) in [6.07, 6.45) is 8.01. The Bertz CT molecular complexity index is 295. The molecule has 18 heavy (non-hydrogen) atoms. The van der Waals surface area contributed by atoms with E-state index >= 15 is 0 Å². The highest BCUT2D eigenvalue weighted by molar-refractivity contribution is 5.78. The Morgan fingerprint density at radius 3 is 2.56 bits per heavy atom. The largest absolute Gasteiger partial charge is 0.356 e. The van der Waals surface area contributed by atoms with Crippen LogP contribution in [0.1, 0.15) is 26.2 Å². The van der Waals surface area contributed by atoms with Gasteiger partial charge in [0.2, 0.25) is 5.91 Å². The Labute approximate surface area is 111 Å². The molecule has 3 nitrogen and oxygen atoms in total. The van der Waals surface area contributed by atoms with Gasteiger partial charge < -0.3 is 10.6 Å². The van der Waals surface area contributed by atoms with Crippen LogP contribution in [0.25, 0.3) is 0 Å². The monoisotopic (exact) mass is 250 g/mol. The van der Waals surface area contributed by atoms with Crippen LogP contribution in [0.15, 0.2) is 37.0 Å². The van der Waals surface area contributed by atoms with Crippen LogP contribution < -0.4 is 10.6 Å². The van der Waals surface area contributed by atoms with Gasteiger partial charge in [0.05, 0.1) is 0 Å². The number of carbonyl (C=O) groups is 1. The summed E-state index contributed by atoms with van der Waals surface area (Å²) in [4.78, 5) is 11.9. The second kappa shape index (κ2) is 10.8. The Hall–Kier alpha value is -1.35. The molecule has 0 aromatic heterocycles. The van der Waals surface area contributed by atoms with Crippen LogP contribution in [-0.2, 0) is 4.79 Å². The number of amides is 1. The van der Waals surface area contributed by atoms with Crippen molar-refractivity contribution >= 4 is 5.91 Å². The lowest BCUT2D eigenvalue weighted by Gasteiger charge is -2.14. The third-order valence-corrected chi connectivity index (χ3v) is 2.91. The van der Waals surface area contributed by atoms with Gasteiger partial charge in [-0.15, -0.1) is 0 Å². The zero-order valence-electron chi connectivity index (χ0n) is 11.7. The molecule has 0 aliphatic heterocycles. The summed E-state index contributed by atoms with van der Waals surface area (Å²) in [6.45, 7) is 11.0. The zero-order valence-corrected chi connectivity index (χ0v) is 11.7. The summed E-state index contributed by atoms with van der Waals surface area (Å²) < 4.78 is 0. The first-order chi connectivity index (χ1) is 8.69. The smallest absolute Gasteiger partial charge is 0.223 e. The summed E-state index contributed by atoms with van der Waals surface area (Å²) in [7, 11) is 1.90. The second-order valence-electron chi connectivity index (χ2n) is 4.22. The van der Waals surface area contributed by atoms with E-state index in [1.54, 1.807) is 12.2 Å². The third-order valence-electron chi connectivity index (χ3n) is 2.91. The van der Waals surface area contributed by atoms with Crippen molar-refractivity contribution in [3.05, 3.63) is 37.0 Å². The molecule has 0 aliphatic rings. The number of rotatable bonds is 10. The van der Waals surface area contributed by atoms with Gasteiger partial charge in [-0.25, -0.2) is 0 Å². The molecule has 0 aromatic rings. The minimum Gasteiger partial charge on any atom is -0.356 e. The predicted octanol–water partition coefficient (Wildman–Crippen LogP) is 2.43. The molecule has 0 bridgehead atoms. The van der Waals surface area contributed by atoms with Crippen LogP contribution in [0.3, 0.4) is 0 Å². The van der Waals surface area contributed by atoms with Crippen molar-refractivity contribution in [1.29, 1.82) is 0 Å². The second-order valence-corrected chi connectivity index (χ2v) is 4.22. The van der Waals surface area contributed by atoms with Crippen molar-refractivity contribution in [2.45, 2.75) is 26.2 Å². The molecular weight excluding hydrogens is 224 g/mol. The van der Waals surface area contributed by atoms with Gasteiger partial charge >= 0.3 is 0 Å². The quantitative estimate of drug-likeness (QED) is 0.585. The van der Waals surface area contributed by atoms with Gasteiger partial charge in [0, 0.05) is 12.5 Å². The van der Waals surface area contributed by atoms with E-state index in [9.17, 15) is 4.79 Å². The van der Waals surface area contributed by atoms with Gasteiger partial charge in [-0.05, 0) is 38.4 Å². The van der Waals surface area contributed by atoms with E-state index in [2.05, 4.69) is 23.8 Å². The van der Waals surface area contributed by atoms with E-state index in [0.717, 1.165) is 31.4 Å². The van der Waals surface area contributed by atoms with Crippen LogP contribution >= 0.6 is 0 Å². The standard InChI is InChI=1S/C15H26N2O/c1-5-8-13(6-2)9-12-17-15(18)14(7-3)10-11-16-4/h5-6,8,14,16H,1-2,7,9-12H2,3-4H3,(H,17,18)/b13-8+. The predicted molar refractivity (Wildman–Crippen MR) is 78.4 cm³/mol. The maximum atomic E-state index is 11.9. The number of hydrogen-bond donors (Lipinski definition) is 2. The van der Waals surface area contributed by atoms with Crippen LogP contribution in [0.5, 0.6) is 0 Å². The van der Waals surface area contributed by atoms with Crippen LogP contribution in [0.4, 0.5) is 0 Å². The van der Waals surface area contributed by atoms with Crippen molar-refractivity contribution in [2.75, 3.05) is 20.1 Å². The molecule has 0 saturated carbocycles. The number of hydrogen-bond acceptors (Lipinski definition) is 2. The summed E-state index contributed by atoms with van der Waals surface area (Å²) in [5.74, 6) is 0.253. The first kappa shape index (κ1) is 16.6. The van der Waals surface area contributed by atoms with Gasteiger partial charge in [0.1, 0.15) is 0 Å². The molecule has 0 aromatic carbocycles. The van der Waals surface area contributed by atoms with Crippen LogP contribution in [0.2, 0.25) is 0 Å². The fraction of sp³-hybridized carbons (Fsp3) is 0.533. The molecule has 102 valence electrons. The van der Waals surface area contributed by atoms with E-state index in [1.807, 2.05) is 20.0 Å². The first-order valence-electron chi connectivity index (χ1n) is 6.55. The highest BCUT2D eigenvalue weighted by Gasteiger charge is 2.14. The van der Waals surface area contributed by atoms with E-state index in [0.29, 0.717) is 6.54 Å². The topological polar surface area (TPSA) is 41.1 Å². The average molecular weight is 250 g/mol. The van der Waals surface area contributed by atoms with Gasteiger partial charge in [-0.1, -0.05) is 38.3 Å². The third kappa shape index (κ3) is 7.07. The molecule has 0 radical (unpaired) electrons. The molecule has 1 atom stereocenters. The SMILES string of the molecule is C=C/C=C(\C=C)CCNC(=O)C(CC)CCNC. The molecule has 1 unspecified atom stereocenters. The fourth-order valence-corrected chi connectivity index (χ4v) is 1.72. The molecule has 0 aliphatic carbocycles. The Kier molecular flexibility index (Phi) is 9.97. The lowest BCUT2D eigenvalue weighted by molar-refractivity contribution is -0.125. The fourth-order valence-electron chi connectivity index (χ4n) is 1.72. The van der Waals surface area contributed by atoms with Gasteiger partial charge in [0.15, 0.2) is 0 Å². The Balaban J connectivity index is 4.03. The number of carbonyl (C=O) groups excluding carboxylic acids is 1. The van der Waals surface area contributed by atoms with Crippen molar-refractivity contribution in [2.24, 2.45) is 5.92 Å². The van der Waals surface area contributed by atoms with E-state index in [-0.39, 0.29) is 11.8 Å². The van der Waals surface area contributed by atoms with Gasteiger partial charge in [0.25, 0.3) is 0 Å². The highest BCUT2D eigenvalue weighted by atomic mass is 16.1. The maximum absolute atomic E-state index is 11.9. The minimum absolute atomic E-state index is 0.105. The lowest BCUT2D eigenvalue weighted by Crippen LogP contribution is -2.32. The van der Waals surface area contributed by atoms with Gasteiger partial charge in [-0.3, -0.25) is 4.79 Å².